The number of hydrogen-bond acceptors (Lipinski definition) is 3. The van der Waals surface area contributed by atoms with E-state index in [1.807, 2.05) is 0 Å². The third-order valence-corrected chi connectivity index (χ3v) is 3.28. The summed E-state index contributed by atoms with van der Waals surface area (Å²) in [6.45, 7) is 5.47. The fourth-order valence-corrected chi connectivity index (χ4v) is 2.39. The number of aliphatic hydroxyl groups is 1. The Hall–Kier alpha value is -0.380. The molecule has 2 nitrogen and oxygen atoms in total. The molecule has 3 heteroatoms. The maximum absolute atomic E-state index is 9.17. The van der Waals surface area contributed by atoms with Crippen molar-refractivity contribution in [2.45, 2.75) is 26.3 Å². The highest BCUT2D eigenvalue weighted by molar-refractivity contribution is 7.10. The lowest BCUT2D eigenvalue weighted by Crippen LogP contribution is -2.28. The van der Waals surface area contributed by atoms with Gasteiger partial charge in [-0.2, -0.15) is 0 Å². The van der Waals surface area contributed by atoms with Gasteiger partial charge in [-0.3, -0.25) is 0 Å². The van der Waals surface area contributed by atoms with Gasteiger partial charge in [0.2, 0.25) is 0 Å². The molecule has 2 atom stereocenters. The predicted molar refractivity (Wildman–Crippen MR) is 61.6 cm³/mol. The quantitative estimate of drug-likeness (QED) is 0.760. The molecule has 1 aromatic heterocycles. The molecule has 0 aliphatic rings. The van der Waals surface area contributed by atoms with Gasteiger partial charge in [-0.15, -0.1) is 11.3 Å². The second kappa shape index (κ2) is 6.17. The molecule has 14 heavy (non-hydrogen) atoms. The van der Waals surface area contributed by atoms with Crippen LogP contribution in [0.5, 0.6) is 0 Å². The topological polar surface area (TPSA) is 32.3 Å². The van der Waals surface area contributed by atoms with Crippen molar-refractivity contribution in [1.29, 1.82) is 0 Å². The second-order valence-corrected chi connectivity index (χ2v) is 4.59. The second-order valence-electron chi connectivity index (χ2n) is 3.61. The summed E-state index contributed by atoms with van der Waals surface area (Å²) in [5.41, 5.74) is 0. The zero-order valence-corrected chi connectivity index (χ0v) is 9.68. The van der Waals surface area contributed by atoms with Crippen LogP contribution in [0.4, 0.5) is 0 Å². The van der Waals surface area contributed by atoms with Crippen molar-refractivity contribution in [3.8, 4) is 0 Å². The van der Waals surface area contributed by atoms with Crippen LogP contribution < -0.4 is 5.32 Å². The van der Waals surface area contributed by atoms with E-state index in [1.165, 1.54) is 4.88 Å². The van der Waals surface area contributed by atoms with Crippen molar-refractivity contribution >= 4 is 11.3 Å². The Bertz CT molecular complexity index is 235. The van der Waals surface area contributed by atoms with Gasteiger partial charge in [0.1, 0.15) is 0 Å². The van der Waals surface area contributed by atoms with Crippen LogP contribution in [0.25, 0.3) is 0 Å². The summed E-state index contributed by atoms with van der Waals surface area (Å²) in [5.74, 6) is 0.278. The van der Waals surface area contributed by atoms with Crippen LogP contribution in [-0.4, -0.2) is 18.3 Å². The smallest absolute Gasteiger partial charge is 0.0475 e. The molecule has 2 N–H and O–H groups in total. The van der Waals surface area contributed by atoms with Gasteiger partial charge in [-0.25, -0.2) is 0 Å². The van der Waals surface area contributed by atoms with E-state index in [9.17, 15) is 0 Å². The molecule has 0 bridgehead atoms. The summed E-state index contributed by atoms with van der Waals surface area (Å²) in [6.07, 6.45) is 1.13. The lowest BCUT2D eigenvalue weighted by Gasteiger charge is -2.22. The van der Waals surface area contributed by atoms with Gasteiger partial charge in [0, 0.05) is 17.5 Å². The number of aliphatic hydroxyl groups excluding tert-OH is 1. The van der Waals surface area contributed by atoms with Crippen molar-refractivity contribution in [1.82, 2.24) is 5.32 Å². The third-order valence-electron chi connectivity index (χ3n) is 2.32. The van der Waals surface area contributed by atoms with Crippen LogP contribution in [-0.2, 0) is 0 Å². The monoisotopic (exact) mass is 213 g/mol. The highest BCUT2D eigenvalue weighted by atomic mass is 32.1. The first-order valence-corrected chi connectivity index (χ1v) is 6.05. The van der Waals surface area contributed by atoms with E-state index < -0.39 is 0 Å². The van der Waals surface area contributed by atoms with E-state index in [4.69, 9.17) is 5.11 Å². The van der Waals surface area contributed by atoms with Crippen molar-refractivity contribution in [3.63, 3.8) is 0 Å². The van der Waals surface area contributed by atoms with Crippen molar-refractivity contribution in [3.05, 3.63) is 22.4 Å². The van der Waals surface area contributed by atoms with E-state index in [2.05, 4.69) is 36.7 Å². The Morgan fingerprint density at radius 3 is 2.86 bits per heavy atom. The number of nitrogens with one attached hydrogen (secondary N) is 1. The molecule has 2 unspecified atom stereocenters. The molecular weight excluding hydrogens is 194 g/mol. The zero-order chi connectivity index (χ0) is 10.4. The summed E-state index contributed by atoms with van der Waals surface area (Å²) in [5, 5.41) is 14.7. The first kappa shape index (κ1) is 11.7. The van der Waals surface area contributed by atoms with Crippen molar-refractivity contribution in [2.24, 2.45) is 5.92 Å². The van der Waals surface area contributed by atoms with E-state index in [0.717, 1.165) is 13.0 Å². The Labute approximate surface area is 90.0 Å². The Morgan fingerprint density at radius 1 is 1.57 bits per heavy atom. The van der Waals surface area contributed by atoms with Gasteiger partial charge in [0.05, 0.1) is 0 Å². The molecule has 1 aromatic rings. The fraction of sp³-hybridized carbons (Fsp3) is 0.636. The summed E-state index contributed by atoms with van der Waals surface area (Å²) in [7, 11) is 0. The zero-order valence-electron chi connectivity index (χ0n) is 8.86. The van der Waals surface area contributed by atoms with Gasteiger partial charge >= 0.3 is 0 Å². The van der Waals surface area contributed by atoms with Gasteiger partial charge in [-0.1, -0.05) is 19.9 Å². The molecule has 1 rings (SSSR count). The minimum Gasteiger partial charge on any atom is -0.396 e. The average molecular weight is 213 g/mol. The highest BCUT2D eigenvalue weighted by Gasteiger charge is 2.18. The first-order chi connectivity index (χ1) is 6.79. The fourth-order valence-electron chi connectivity index (χ4n) is 1.46. The van der Waals surface area contributed by atoms with Gasteiger partial charge in [-0.05, 0) is 30.3 Å². The molecular formula is C11H19NOS. The molecule has 0 saturated heterocycles. The van der Waals surface area contributed by atoms with E-state index >= 15 is 0 Å². The van der Waals surface area contributed by atoms with Gasteiger partial charge in [0.25, 0.3) is 0 Å². The molecule has 80 valence electrons. The molecule has 0 radical (unpaired) electrons. The van der Waals surface area contributed by atoms with E-state index in [0.29, 0.717) is 6.04 Å². The Balaban J connectivity index is 2.62. The predicted octanol–water partition coefficient (Wildman–Crippen LogP) is 2.42. The molecule has 0 spiro atoms. The minimum atomic E-state index is 0.235. The van der Waals surface area contributed by atoms with Gasteiger partial charge in [0.15, 0.2) is 0 Å². The number of thiophene rings is 1. The summed E-state index contributed by atoms with van der Waals surface area (Å²) < 4.78 is 0. The molecule has 0 saturated carbocycles. The largest absolute Gasteiger partial charge is 0.396 e. The van der Waals surface area contributed by atoms with E-state index in [1.54, 1.807) is 11.3 Å². The van der Waals surface area contributed by atoms with Crippen molar-refractivity contribution < 1.29 is 5.11 Å². The lowest BCUT2D eigenvalue weighted by molar-refractivity contribution is 0.203. The SMILES string of the molecule is CCCNC(c1cccs1)C(C)CO. The standard InChI is InChI=1S/C11H19NOS/c1-3-6-12-11(9(2)8-13)10-5-4-7-14-10/h4-5,7,9,11-13H,3,6,8H2,1-2H3. The molecule has 0 aliphatic carbocycles. The number of hydrogen-bond donors (Lipinski definition) is 2. The van der Waals surface area contributed by atoms with Crippen LogP contribution in [0.2, 0.25) is 0 Å². The normalized spacial score (nSPS) is 15.4. The average Bonchev–Trinajstić information content (AvgIpc) is 2.71. The van der Waals surface area contributed by atoms with Gasteiger partial charge < -0.3 is 10.4 Å². The van der Waals surface area contributed by atoms with Crippen LogP contribution in [0.1, 0.15) is 31.2 Å². The summed E-state index contributed by atoms with van der Waals surface area (Å²) in [6, 6.07) is 4.49. The summed E-state index contributed by atoms with van der Waals surface area (Å²) in [4.78, 5) is 1.32. The highest BCUT2D eigenvalue weighted by Crippen LogP contribution is 2.25. The first-order valence-electron chi connectivity index (χ1n) is 5.17. The van der Waals surface area contributed by atoms with Crippen LogP contribution >= 0.6 is 11.3 Å². The van der Waals surface area contributed by atoms with Crippen molar-refractivity contribution in [2.75, 3.05) is 13.2 Å². The third kappa shape index (κ3) is 3.08. The maximum Gasteiger partial charge on any atom is 0.0475 e. The molecule has 0 amide bonds. The van der Waals surface area contributed by atoms with E-state index in [-0.39, 0.29) is 12.5 Å². The van der Waals surface area contributed by atoms with Crippen LogP contribution in [0.15, 0.2) is 17.5 Å². The van der Waals surface area contributed by atoms with Crippen LogP contribution in [0.3, 0.4) is 0 Å². The molecule has 0 aromatic carbocycles. The maximum atomic E-state index is 9.17. The van der Waals surface area contributed by atoms with Crippen LogP contribution in [0, 0.1) is 5.92 Å². The Kier molecular flexibility index (Phi) is 5.15. The lowest BCUT2D eigenvalue weighted by atomic mass is 10.0. The molecule has 1 heterocycles. The molecule has 0 fully saturated rings. The molecule has 0 aliphatic heterocycles. The summed E-state index contributed by atoms with van der Waals surface area (Å²) >= 11 is 1.75. The number of rotatable bonds is 6. The Morgan fingerprint density at radius 2 is 2.36 bits per heavy atom. The minimum absolute atomic E-state index is 0.235.